The monoisotopic (exact) mass is 262 g/mol. The van der Waals surface area contributed by atoms with E-state index in [1.165, 1.54) is 14.0 Å². The van der Waals surface area contributed by atoms with E-state index >= 15 is 0 Å². The maximum atomic E-state index is 11.0. The Labute approximate surface area is 105 Å². The van der Waals surface area contributed by atoms with Crippen molar-refractivity contribution in [3.8, 4) is 0 Å². The highest BCUT2D eigenvalue weighted by Crippen LogP contribution is 2.31. The molecule has 0 aromatic heterocycles. The summed E-state index contributed by atoms with van der Waals surface area (Å²) in [7, 11) is 1.46. The van der Waals surface area contributed by atoms with Crippen LogP contribution in [0.5, 0.6) is 0 Å². The molecule has 1 aliphatic heterocycles. The van der Waals surface area contributed by atoms with Crippen molar-refractivity contribution in [1.29, 1.82) is 0 Å². The van der Waals surface area contributed by atoms with Crippen molar-refractivity contribution in [3.63, 3.8) is 0 Å². The second kappa shape index (κ2) is 6.12. The highest BCUT2D eigenvalue weighted by Gasteiger charge is 2.48. The Balaban J connectivity index is 2.79. The Morgan fingerprint density at radius 2 is 2.11 bits per heavy atom. The van der Waals surface area contributed by atoms with Gasteiger partial charge in [-0.3, -0.25) is 9.59 Å². The van der Waals surface area contributed by atoms with E-state index in [-0.39, 0.29) is 6.61 Å². The predicted molar refractivity (Wildman–Crippen MR) is 58.4 cm³/mol. The standard InChI is InChI=1S/C11H18O7/c1-7(13)16-10-9(17-11(2,3)18-10)8(5-14-4)15-6-12/h6,8-10H,5H2,1-4H3/t8-,9-,10-/m1/s1. The van der Waals surface area contributed by atoms with E-state index in [0.717, 1.165) is 0 Å². The summed E-state index contributed by atoms with van der Waals surface area (Å²) >= 11 is 0. The van der Waals surface area contributed by atoms with Crippen molar-refractivity contribution in [2.24, 2.45) is 0 Å². The zero-order chi connectivity index (χ0) is 13.8. The van der Waals surface area contributed by atoms with Gasteiger partial charge in [-0.15, -0.1) is 0 Å². The minimum absolute atomic E-state index is 0.112. The van der Waals surface area contributed by atoms with Crippen molar-refractivity contribution in [3.05, 3.63) is 0 Å². The Hall–Kier alpha value is -1.18. The zero-order valence-electron chi connectivity index (χ0n) is 10.9. The van der Waals surface area contributed by atoms with Gasteiger partial charge in [0.05, 0.1) is 6.61 Å². The summed E-state index contributed by atoms with van der Waals surface area (Å²) in [5.74, 6) is -1.43. The smallest absolute Gasteiger partial charge is 0.305 e. The molecule has 18 heavy (non-hydrogen) atoms. The Bertz CT molecular complexity index is 302. The first kappa shape index (κ1) is 14.9. The first-order valence-electron chi connectivity index (χ1n) is 5.50. The van der Waals surface area contributed by atoms with Crippen molar-refractivity contribution in [1.82, 2.24) is 0 Å². The average Bonchev–Trinajstić information content (AvgIpc) is 2.52. The highest BCUT2D eigenvalue weighted by molar-refractivity contribution is 5.66. The van der Waals surface area contributed by atoms with Crippen molar-refractivity contribution >= 4 is 12.4 Å². The summed E-state index contributed by atoms with van der Waals surface area (Å²) < 4.78 is 25.8. The molecule has 1 aliphatic rings. The van der Waals surface area contributed by atoms with E-state index in [1.54, 1.807) is 13.8 Å². The molecule has 1 rings (SSSR count). The van der Waals surface area contributed by atoms with Crippen LogP contribution in [0.15, 0.2) is 0 Å². The Morgan fingerprint density at radius 1 is 1.44 bits per heavy atom. The lowest BCUT2D eigenvalue weighted by molar-refractivity contribution is -0.196. The summed E-state index contributed by atoms with van der Waals surface area (Å²) in [6.07, 6.45) is -2.37. The maximum Gasteiger partial charge on any atom is 0.305 e. The highest BCUT2D eigenvalue weighted by atomic mass is 16.8. The molecule has 0 radical (unpaired) electrons. The molecule has 0 unspecified atom stereocenters. The largest absolute Gasteiger partial charge is 0.459 e. The number of esters is 1. The molecule has 0 aromatic carbocycles. The number of hydrogen-bond donors (Lipinski definition) is 0. The number of hydrogen-bond acceptors (Lipinski definition) is 7. The van der Waals surface area contributed by atoms with E-state index < -0.39 is 30.3 Å². The Morgan fingerprint density at radius 3 is 2.61 bits per heavy atom. The van der Waals surface area contributed by atoms with Crippen LogP contribution >= 0.6 is 0 Å². The van der Waals surface area contributed by atoms with Crippen LogP contribution in [0.2, 0.25) is 0 Å². The molecule has 3 atom stereocenters. The fourth-order valence-corrected chi connectivity index (χ4v) is 1.71. The van der Waals surface area contributed by atoms with E-state index in [1.807, 2.05) is 0 Å². The quantitative estimate of drug-likeness (QED) is 0.500. The van der Waals surface area contributed by atoms with E-state index in [2.05, 4.69) is 0 Å². The molecule has 0 aromatic rings. The van der Waals surface area contributed by atoms with Crippen LogP contribution in [0.25, 0.3) is 0 Å². The minimum atomic E-state index is -0.933. The molecule has 1 heterocycles. The second-order valence-electron chi connectivity index (χ2n) is 4.30. The lowest BCUT2D eigenvalue weighted by atomic mass is 10.2. The zero-order valence-corrected chi connectivity index (χ0v) is 10.9. The molecule has 0 amide bonds. The normalized spacial score (nSPS) is 27.6. The predicted octanol–water partition coefficient (Wildman–Crippen LogP) is 0.215. The summed E-state index contributed by atoms with van der Waals surface area (Å²) in [6, 6.07) is 0. The molecule has 0 aliphatic carbocycles. The van der Waals surface area contributed by atoms with Gasteiger partial charge in [-0.1, -0.05) is 0 Å². The summed E-state index contributed by atoms with van der Waals surface area (Å²) in [4.78, 5) is 21.5. The summed E-state index contributed by atoms with van der Waals surface area (Å²) in [6.45, 7) is 5.02. The topological polar surface area (TPSA) is 80.3 Å². The number of carbonyl (C=O) groups excluding carboxylic acids is 2. The molecular weight excluding hydrogens is 244 g/mol. The van der Waals surface area contributed by atoms with Gasteiger partial charge in [0.1, 0.15) is 0 Å². The van der Waals surface area contributed by atoms with Gasteiger partial charge < -0.3 is 23.7 Å². The number of ether oxygens (including phenoxy) is 5. The summed E-state index contributed by atoms with van der Waals surface area (Å²) in [5.41, 5.74) is 0. The van der Waals surface area contributed by atoms with Gasteiger partial charge in [0.2, 0.25) is 6.29 Å². The summed E-state index contributed by atoms with van der Waals surface area (Å²) in [5, 5.41) is 0. The molecule has 104 valence electrons. The minimum Gasteiger partial charge on any atom is -0.459 e. The second-order valence-corrected chi connectivity index (χ2v) is 4.30. The number of methoxy groups -OCH3 is 1. The van der Waals surface area contributed by atoms with Gasteiger partial charge in [-0.25, -0.2) is 0 Å². The molecule has 7 nitrogen and oxygen atoms in total. The van der Waals surface area contributed by atoms with Gasteiger partial charge >= 0.3 is 5.97 Å². The van der Waals surface area contributed by atoms with Gasteiger partial charge in [-0.05, 0) is 13.8 Å². The Kier molecular flexibility index (Phi) is 5.06. The van der Waals surface area contributed by atoms with Crippen LogP contribution in [0.1, 0.15) is 20.8 Å². The van der Waals surface area contributed by atoms with E-state index in [9.17, 15) is 9.59 Å². The maximum absolute atomic E-state index is 11.0. The van der Waals surface area contributed by atoms with Gasteiger partial charge in [0, 0.05) is 14.0 Å². The third-order valence-corrected chi connectivity index (χ3v) is 2.30. The molecular formula is C11H18O7. The lowest BCUT2D eigenvalue weighted by Gasteiger charge is -2.23. The third kappa shape index (κ3) is 3.94. The molecule has 7 heteroatoms. The van der Waals surface area contributed by atoms with Gasteiger partial charge in [-0.2, -0.15) is 0 Å². The van der Waals surface area contributed by atoms with E-state index in [4.69, 9.17) is 23.7 Å². The van der Waals surface area contributed by atoms with Crippen LogP contribution in [0, 0.1) is 0 Å². The van der Waals surface area contributed by atoms with Crippen LogP contribution < -0.4 is 0 Å². The third-order valence-electron chi connectivity index (χ3n) is 2.30. The molecule has 1 saturated heterocycles. The van der Waals surface area contributed by atoms with Crippen LogP contribution in [0.3, 0.4) is 0 Å². The molecule has 0 spiro atoms. The fraction of sp³-hybridized carbons (Fsp3) is 0.818. The molecule has 0 N–H and O–H groups in total. The average molecular weight is 262 g/mol. The van der Waals surface area contributed by atoms with Crippen LogP contribution in [-0.4, -0.2) is 50.4 Å². The molecule has 1 fully saturated rings. The SMILES string of the molecule is COC[C@@H](OC=O)[C@H]1OC(C)(C)O[C@H]1OC(C)=O. The van der Waals surface area contributed by atoms with Crippen molar-refractivity contribution in [2.75, 3.05) is 13.7 Å². The first-order chi connectivity index (χ1) is 8.39. The number of carbonyl (C=O) groups is 2. The fourth-order valence-electron chi connectivity index (χ4n) is 1.71. The van der Waals surface area contributed by atoms with E-state index in [0.29, 0.717) is 6.47 Å². The van der Waals surface area contributed by atoms with Crippen LogP contribution in [0.4, 0.5) is 0 Å². The first-order valence-corrected chi connectivity index (χ1v) is 5.50. The number of rotatable bonds is 6. The van der Waals surface area contributed by atoms with Crippen molar-refractivity contribution < 1.29 is 33.3 Å². The molecule has 0 bridgehead atoms. The van der Waals surface area contributed by atoms with Gasteiger partial charge in [0.15, 0.2) is 18.0 Å². The van der Waals surface area contributed by atoms with Gasteiger partial charge in [0.25, 0.3) is 6.47 Å². The van der Waals surface area contributed by atoms with Crippen LogP contribution in [-0.2, 0) is 33.3 Å². The van der Waals surface area contributed by atoms with Crippen molar-refractivity contribution in [2.45, 2.75) is 45.1 Å². The lowest BCUT2D eigenvalue weighted by Crippen LogP contribution is -2.41. The molecule has 0 saturated carbocycles.